The van der Waals surface area contributed by atoms with Crippen LogP contribution in [0.2, 0.25) is 0 Å². The van der Waals surface area contributed by atoms with Gasteiger partial charge in [0.15, 0.2) is 0 Å². The van der Waals surface area contributed by atoms with Crippen LogP contribution in [-0.2, 0) is 23.1 Å². The van der Waals surface area contributed by atoms with Gasteiger partial charge in [-0.15, -0.1) is 0 Å². The number of carbonyl (C=O) groups excluding carboxylic acids is 1. The van der Waals surface area contributed by atoms with Crippen molar-refractivity contribution >= 4 is 53.5 Å². The first-order valence-corrected chi connectivity index (χ1v) is 13.4. The van der Waals surface area contributed by atoms with Crippen LogP contribution in [-0.4, -0.2) is 29.0 Å². The van der Waals surface area contributed by atoms with E-state index in [9.17, 15) is 13.2 Å². The van der Waals surface area contributed by atoms with Crippen LogP contribution >= 0.6 is 31.9 Å². The Hall–Kier alpha value is -2.95. The molecule has 0 spiro atoms. The molecule has 0 bridgehead atoms. The van der Waals surface area contributed by atoms with Gasteiger partial charge in [0.25, 0.3) is 15.9 Å². The smallest absolute Gasteiger partial charge is 0.263 e. The zero-order valence-corrected chi connectivity index (χ0v) is 21.6. The normalized spacial score (nSPS) is 13.1. The van der Waals surface area contributed by atoms with Gasteiger partial charge in [-0.3, -0.25) is 9.52 Å². The number of aromatic nitrogens is 2. The molecule has 34 heavy (non-hydrogen) atoms. The number of amides is 1. The molecule has 0 aliphatic carbocycles. The molecule has 7 nitrogen and oxygen atoms in total. The van der Waals surface area contributed by atoms with Gasteiger partial charge >= 0.3 is 0 Å². The van der Waals surface area contributed by atoms with Crippen LogP contribution in [0.3, 0.4) is 0 Å². The van der Waals surface area contributed by atoms with Gasteiger partial charge in [-0.2, -0.15) is 5.10 Å². The minimum atomic E-state index is -3.81. The van der Waals surface area contributed by atoms with Crippen molar-refractivity contribution in [3.63, 3.8) is 0 Å². The molecule has 10 heteroatoms. The Morgan fingerprint density at radius 1 is 0.941 bits per heavy atom. The molecule has 4 aromatic rings. The number of carbonyl (C=O) groups is 1. The van der Waals surface area contributed by atoms with Crippen molar-refractivity contribution in [3.05, 3.63) is 105 Å². The van der Waals surface area contributed by atoms with Crippen molar-refractivity contribution in [2.75, 3.05) is 4.72 Å². The first-order chi connectivity index (χ1) is 16.3. The highest BCUT2D eigenvalue weighted by atomic mass is 79.9. The number of rotatable bonds is 5. The molecule has 1 aromatic heterocycles. The second-order valence-electron chi connectivity index (χ2n) is 7.78. The number of hydrogen-bond acceptors (Lipinski definition) is 4. The van der Waals surface area contributed by atoms with Gasteiger partial charge < -0.3 is 4.90 Å². The van der Waals surface area contributed by atoms with Gasteiger partial charge in [0.2, 0.25) is 0 Å². The van der Waals surface area contributed by atoms with Crippen LogP contribution in [0.15, 0.2) is 92.8 Å². The lowest BCUT2D eigenvalue weighted by atomic mass is 10.2. The third-order valence-corrected chi connectivity index (χ3v) is 8.38. The number of para-hydroxylation sites is 1. The fraction of sp³-hybridized carbons (Fsp3) is 0.0833. The Bertz CT molecular complexity index is 1490. The summed E-state index contributed by atoms with van der Waals surface area (Å²) in [4.78, 5) is 15.0. The SMILES string of the molecule is O=C(c1ccc(NS(=O)(=O)c2cc(Br)ccc2Br)cc1)N1Cc2cnn(-c3ccccc3)c2C1. The van der Waals surface area contributed by atoms with Crippen molar-refractivity contribution in [1.82, 2.24) is 14.7 Å². The summed E-state index contributed by atoms with van der Waals surface area (Å²) in [5.74, 6) is -0.125. The van der Waals surface area contributed by atoms with Crippen LogP contribution in [0.1, 0.15) is 21.6 Å². The van der Waals surface area contributed by atoms with Gasteiger partial charge in [-0.1, -0.05) is 34.1 Å². The van der Waals surface area contributed by atoms with E-state index in [-0.39, 0.29) is 10.8 Å². The number of nitrogens with zero attached hydrogens (tertiary/aromatic N) is 3. The predicted molar refractivity (Wildman–Crippen MR) is 136 cm³/mol. The highest BCUT2D eigenvalue weighted by molar-refractivity contribution is 9.11. The summed E-state index contributed by atoms with van der Waals surface area (Å²) in [5.41, 5.74) is 3.81. The molecular formula is C24H18Br2N4O3S. The van der Waals surface area contributed by atoms with Gasteiger partial charge in [0.05, 0.1) is 24.1 Å². The Morgan fingerprint density at radius 3 is 2.41 bits per heavy atom. The first-order valence-electron chi connectivity index (χ1n) is 10.3. The van der Waals surface area contributed by atoms with Gasteiger partial charge in [0, 0.05) is 32.3 Å². The molecule has 1 amide bonds. The molecule has 1 N–H and O–H groups in total. The zero-order chi connectivity index (χ0) is 23.9. The van der Waals surface area contributed by atoms with E-state index in [1.54, 1.807) is 47.5 Å². The Labute approximate surface area is 213 Å². The Kier molecular flexibility index (Phi) is 6.05. The monoisotopic (exact) mass is 600 g/mol. The van der Waals surface area contributed by atoms with Crippen molar-refractivity contribution < 1.29 is 13.2 Å². The van der Waals surface area contributed by atoms with Gasteiger partial charge in [-0.05, 0) is 70.5 Å². The second-order valence-corrected chi connectivity index (χ2v) is 11.2. The number of sulfonamides is 1. The number of halogens is 2. The molecule has 0 saturated heterocycles. The van der Waals surface area contributed by atoms with Crippen LogP contribution in [0.25, 0.3) is 5.69 Å². The third kappa shape index (κ3) is 4.40. The van der Waals surface area contributed by atoms with E-state index < -0.39 is 10.0 Å². The van der Waals surface area contributed by atoms with E-state index in [0.29, 0.717) is 33.3 Å². The number of benzene rings is 3. The lowest BCUT2D eigenvalue weighted by Crippen LogP contribution is -2.26. The maximum absolute atomic E-state index is 13.1. The molecular weight excluding hydrogens is 584 g/mol. The van der Waals surface area contributed by atoms with Crippen LogP contribution in [0.5, 0.6) is 0 Å². The van der Waals surface area contributed by atoms with Gasteiger partial charge in [-0.25, -0.2) is 13.1 Å². The van der Waals surface area contributed by atoms with Gasteiger partial charge in [0.1, 0.15) is 4.90 Å². The van der Waals surface area contributed by atoms with E-state index in [4.69, 9.17) is 0 Å². The molecule has 0 fully saturated rings. The topological polar surface area (TPSA) is 84.3 Å². The second kappa shape index (κ2) is 9.01. The average Bonchev–Trinajstić information content (AvgIpc) is 3.42. The average molecular weight is 602 g/mol. The lowest BCUT2D eigenvalue weighted by molar-refractivity contribution is 0.0749. The number of hydrogen-bond donors (Lipinski definition) is 1. The predicted octanol–water partition coefficient (Wildman–Crippen LogP) is 5.35. The molecule has 0 saturated carbocycles. The molecule has 0 atom stereocenters. The summed E-state index contributed by atoms with van der Waals surface area (Å²) in [6, 6.07) is 21.2. The molecule has 2 heterocycles. The van der Waals surface area contributed by atoms with E-state index in [1.807, 2.05) is 35.0 Å². The summed E-state index contributed by atoms with van der Waals surface area (Å²) in [7, 11) is -3.81. The highest BCUT2D eigenvalue weighted by Crippen LogP contribution is 2.29. The lowest BCUT2D eigenvalue weighted by Gasteiger charge is -2.17. The molecule has 3 aromatic carbocycles. The van der Waals surface area contributed by atoms with E-state index in [2.05, 4.69) is 41.7 Å². The quantitative estimate of drug-likeness (QED) is 0.334. The molecule has 172 valence electrons. The summed E-state index contributed by atoms with van der Waals surface area (Å²) < 4.78 is 31.1. The fourth-order valence-corrected chi connectivity index (χ4v) is 6.40. The van der Waals surface area contributed by atoms with Crippen molar-refractivity contribution in [2.24, 2.45) is 0 Å². The zero-order valence-electron chi connectivity index (χ0n) is 17.7. The van der Waals surface area contributed by atoms with Crippen LogP contribution in [0.4, 0.5) is 5.69 Å². The summed E-state index contributed by atoms with van der Waals surface area (Å²) >= 11 is 6.58. The summed E-state index contributed by atoms with van der Waals surface area (Å²) in [5, 5.41) is 4.46. The molecule has 0 unspecified atom stereocenters. The first kappa shape index (κ1) is 22.8. The number of nitrogens with one attached hydrogen (secondary N) is 1. The van der Waals surface area contributed by atoms with E-state index >= 15 is 0 Å². The third-order valence-electron chi connectivity index (χ3n) is 5.51. The molecule has 5 rings (SSSR count). The molecule has 1 aliphatic heterocycles. The number of fused-ring (bicyclic) bond motifs is 1. The Balaban J connectivity index is 1.31. The standard InChI is InChI=1S/C24H18Br2N4O3S/c25-18-8-11-21(26)23(12-18)34(32,33)28-19-9-6-16(7-10-19)24(31)29-14-17-13-27-30(22(17)15-29)20-4-2-1-3-5-20/h1-13,28H,14-15H2. The number of anilines is 1. The van der Waals surface area contributed by atoms with Crippen LogP contribution in [0, 0.1) is 0 Å². The maximum atomic E-state index is 13.1. The highest BCUT2D eigenvalue weighted by Gasteiger charge is 2.28. The molecule has 1 aliphatic rings. The van der Waals surface area contributed by atoms with Crippen molar-refractivity contribution in [3.8, 4) is 5.69 Å². The van der Waals surface area contributed by atoms with E-state index in [0.717, 1.165) is 16.9 Å². The maximum Gasteiger partial charge on any atom is 0.263 e. The largest absolute Gasteiger partial charge is 0.328 e. The van der Waals surface area contributed by atoms with Crippen molar-refractivity contribution in [1.29, 1.82) is 0 Å². The fourth-order valence-electron chi connectivity index (χ4n) is 3.84. The summed E-state index contributed by atoms with van der Waals surface area (Å²) in [6.45, 7) is 0.931. The van der Waals surface area contributed by atoms with E-state index in [1.165, 1.54) is 6.07 Å². The Morgan fingerprint density at radius 2 is 1.68 bits per heavy atom. The minimum Gasteiger partial charge on any atom is -0.328 e. The van der Waals surface area contributed by atoms with Crippen LogP contribution < -0.4 is 4.72 Å². The van der Waals surface area contributed by atoms with Crippen molar-refractivity contribution in [2.45, 2.75) is 18.0 Å². The molecule has 0 radical (unpaired) electrons. The minimum absolute atomic E-state index is 0.115. The summed E-state index contributed by atoms with van der Waals surface area (Å²) in [6.07, 6.45) is 1.80.